The number of nitrogens with one attached hydrogen (secondary N) is 1. The molecule has 2 aromatic carbocycles. The largest absolute Gasteiger partial charge is 0.397 e. The lowest BCUT2D eigenvalue weighted by molar-refractivity contribution is 0.100. The highest BCUT2D eigenvalue weighted by atomic mass is 32.2. The Kier molecular flexibility index (Phi) is 6.04. The van der Waals surface area contributed by atoms with Crippen LogP contribution in [0.4, 0.5) is 11.4 Å². The molecule has 0 radical (unpaired) electrons. The fourth-order valence-corrected chi connectivity index (χ4v) is 5.78. The summed E-state index contributed by atoms with van der Waals surface area (Å²) in [6.07, 6.45) is 1.84. The second-order valence-electron chi connectivity index (χ2n) is 6.88. The quantitative estimate of drug-likeness (QED) is 0.268. The van der Waals surface area contributed by atoms with E-state index < -0.39 is 15.9 Å². The van der Waals surface area contributed by atoms with Crippen LogP contribution in [0.1, 0.15) is 15.2 Å². The molecule has 0 atom stereocenters. The van der Waals surface area contributed by atoms with Crippen molar-refractivity contribution in [2.45, 2.75) is 10.9 Å². The number of thioether (sulfide) groups is 1. The number of hydrogen-bond acceptors (Lipinski definition) is 8. The molecule has 0 fully saturated rings. The summed E-state index contributed by atoms with van der Waals surface area (Å²) in [7, 11) is -3.63. The third kappa shape index (κ3) is 4.54. The average Bonchev–Trinajstić information content (AvgIpc) is 3.10. The van der Waals surface area contributed by atoms with Gasteiger partial charge in [-0.1, -0.05) is 54.2 Å². The summed E-state index contributed by atoms with van der Waals surface area (Å²) in [5.74, 6) is -0.782. The van der Waals surface area contributed by atoms with Crippen LogP contribution in [0.3, 0.4) is 0 Å². The first-order valence-electron chi connectivity index (χ1n) is 9.36. The lowest BCUT2D eigenvalue weighted by Crippen LogP contribution is -2.15. The van der Waals surface area contributed by atoms with Gasteiger partial charge in [-0.25, -0.2) is 18.4 Å². The molecule has 4 rings (SSSR count). The van der Waals surface area contributed by atoms with Gasteiger partial charge in [0.05, 0.1) is 22.5 Å². The molecule has 0 spiro atoms. The van der Waals surface area contributed by atoms with E-state index in [2.05, 4.69) is 14.7 Å². The Hall–Kier alpha value is -3.15. The molecule has 0 aliphatic heterocycles. The molecule has 4 aromatic rings. The van der Waals surface area contributed by atoms with E-state index in [1.807, 2.05) is 12.3 Å². The van der Waals surface area contributed by atoms with Gasteiger partial charge in [-0.3, -0.25) is 9.52 Å². The van der Waals surface area contributed by atoms with Gasteiger partial charge >= 0.3 is 0 Å². The van der Waals surface area contributed by atoms with Gasteiger partial charge in [0.2, 0.25) is 10.0 Å². The first-order chi connectivity index (χ1) is 15.3. The van der Waals surface area contributed by atoms with Crippen LogP contribution in [0, 0.1) is 0 Å². The van der Waals surface area contributed by atoms with Crippen LogP contribution in [0.25, 0.3) is 21.5 Å². The number of anilines is 2. The Morgan fingerprint density at radius 2 is 1.88 bits per heavy atom. The molecule has 1 amide bonds. The Morgan fingerprint density at radius 1 is 1.12 bits per heavy atom. The van der Waals surface area contributed by atoms with Crippen LogP contribution in [-0.4, -0.2) is 30.5 Å². The first kappa shape index (κ1) is 22.1. The van der Waals surface area contributed by atoms with Crippen LogP contribution >= 0.6 is 23.1 Å². The zero-order valence-corrected chi connectivity index (χ0v) is 19.4. The van der Waals surface area contributed by atoms with E-state index in [0.717, 1.165) is 11.3 Å². The molecule has 32 heavy (non-hydrogen) atoms. The highest BCUT2D eigenvalue weighted by Gasteiger charge is 2.21. The number of aromatic nitrogens is 2. The van der Waals surface area contributed by atoms with Crippen LogP contribution in [0.15, 0.2) is 59.8 Å². The maximum atomic E-state index is 12.7. The van der Waals surface area contributed by atoms with E-state index in [9.17, 15) is 13.2 Å². The van der Waals surface area contributed by atoms with Crippen molar-refractivity contribution in [3.8, 4) is 11.3 Å². The zero-order chi connectivity index (χ0) is 22.9. The van der Waals surface area contributed by atoms with Crippen molar-refractivity contribution in [2.24, 2.45) is 5.73 Å². The summed E-state index contributed by atoms with van der Waals surface area (Å²) in [5.41, 5.74) is 14.1. The van der Waals surface area contributed by atoms with E-state index in [1.54, 1.807) is 48.5 Å². The monoisotopic (exact) mass is 485 g/mol. The van der Waals surface area contributed by atoms with Gasteiger partial charge < -0.3 is 11.5 Å². The van der Waals surface area contributed by atoms with Crippen molar-refractivity contribution in [3.63, 3.8) is 0 Å². The predicted octanol–water partition coefficient (Wildman–Crippen LogP) is 3.70. The van der Waals surface area contributed by atoms with Gasteiger partial charge in [-0.2, -0.15) is 0 Å². The number of thiophene rings is 1. The number of sulfonamides is 1. The minimum Gasteiger partial charge on any atom is -0.397 e. The number of benzene rings is 2. The van der Waals surface area contributed by atoms with E-state index in [1.165, 1.54) is 11.8 Å². The van der Waals surface area contributed by atoms with Gasteiger partial charge in [-0.15, -0.1) is 11.3 Å². The molecular formula is C21H19N5O3S3. The molecule has 0 aliphatic rings. The van der Waals surface area contributed by atoms with Gasteiger partial charge in [0.15, 0.2) is 5.16 Å². The highest BCUT2D eigenvalue weighted by molar-refractivity contribution is 7.98. The standard InChI is InChI=1S/C21H19N5O3S3/c1-30-21-24-17(15-16(22)18(19(23)27)31-20(15)25-21)13-8-5-9-14(10-13)26-32(28,29)11-12-6-3-2-4-7-12/h2-10,26H,11,22H2,1H3,(H2,23,27). The maximum absolute atomic E-state index is 12.7. The first-order valence-corrected chi connectivity index (χ1v) is 13.1. The van der Waals surface area contributed by atoms with Gasteiger partial charge in [-0.05, 0) is 24.0 Å². The SMILES string of the molecule is CSc1nc(-c2cccc(NS(=O)(=O)Cc3ccccc3)c2)c2c(N)c(C(N)=O)sc2n1. The van der Waals surface area contributed by atoms with E-state index >= 15 is 0 Å². The predicted molar refractivity (Wildman–Crippen MR) is 130 cm³/mol. The molecule has 5 N–H and O–H groups in total. The smallest absolute Gasteiger partial charge is 0.260 e. The summed E-state index contributed by atoms with van der Waals surface area (Å²) >= 11 is 2.46. The molecule has 0 saturated carbocycles. The minimum absolute atomic E-state index is 0.147. The number of amides is 1. The number of carbonyl (C=O) groups excluding carboxylic acids is 1. The molecule has 2 aromatic heterocycles. The second-order valence-corrected chi connectivity index (χ2v) is 10.4. The summed E-state index contributed by atoms with van der Waals surface area (Å²) in [4.78, 5) is 21.6. The van der Waals surface area contributed by atoms with Crippen molar-refractivity contribution in [1.29, 1.82) is 0 Å². The fraction of sp³-hybridized carbons (Fsp3) is 0.0952. The van der Waals surface area contributed by atoms with E-state index in [4.69, 9.17) is 11.5 Å². The van der Waals surface area contributed by atoms with E-state index in [-0.39, 0.29) is 16.3 Å². The third-order valence-corrected chi connectivity index (χ3v) is 7.51. The highest BCUT2D eigenvalue weighted by Crippen LogP contribution is 2.39. The molecule has 0 bridgehead atoms. The lowest BCUT2D eigenvalue weighted by atomic mass is 10.1. The van der Waals surface area contributed by atoms with Gasteiger partial charge in [0, 0.05) is 11.3 Å². The van der Waals surface area contributed by atoms with Crippen molar-refractivity contribution in [2.75, 3.05) is 16.7 Å². The lowest BCUT2D eigenvalue weighted by Gasteiger charge is -2.11. The summed E-state index contributed by atoms with van der Waals surface area (Å²) < 4.78 is 27.9. The van der Waals surface area contributed by atoms with Crippen molar-refractivity contribution >= 4 is 60.6 Å². The van der Waals surface area contributed by atoms with Gasteiger partial charge in [0.25, 0.3) is 5.91 Å². The fourth-order valence-electron chi connectivity index (χ4n) is 3.22. The van der Waals surface area contributed by atoms with Crippen LogP contribution < -0.4 is 16.2 Å². The molecular weight excluding hydrogens is 466 g/mol. The van der Waals surface area contributed by atoms with Crippen LogP contribution in [0.5, 0.6) is 0 Å². The summed E-state index contributed by atoms with van der Waals surface area (Å²) in [5, 5.41) is 1.02. The molecule has 164 valence electrons. The van der Waals surface area contributed by atoms with Crippen molar-refractivity contribution < 1.29 is 13.2 Å². The number of rotatable bonds is 7. The topological polar surface area (TPSA) is 141 Å². The molecule has 0 unspecified atom stereocenters. The Balaban J connectivity index is 1.75. The number of nitrogens with two attached hydrogens (primary N) is 2. The number of nitrogen functional groups attached to an aromatic ring is 1. The second kappa shape index (κ2) is 8.77. The maximum Gasteiger partial charge on any atom is 0.260 e. The summed E-state index contributed by atoms with van der Waals surface area (Å²) in [6, 6.07) is 15.8. The molecule has 11 heteroatoms. The third-order valence-electron chi connectivity index (χ3n) is 4.58. The molecule has 2 heterocycles. The number of carbonyl (C=O) groups is 1. The summed E-state index contributed by atoms with van der Waals surface area (Å²) in [6.45, 7) is 0. The molecule has 0 saturated heterocycles. The number of primary amides is 1. The number of hydrogen-bond donors (Lipinski definition) is 3. The normalized spacial score (nSPS) is 11.5. The molecule has 8 nitrogen and oxygen atoms in total. The van der Waals surface area contributed by atoms with Crippen LogP contribution in [0.2, 0.25) is 0 Å². The number of nitrogens with zero attached hydrogens (tertiary/aromatic N) is 2. The van der Waals surface area contributed by atoms with Crippen molar-refractivity contribution in [1.82, 2.24) is 9.97 Å². The van der Waals surface area contributed by atoms with Crippen LogP contribution in [-0.2, 0) is 15.8 Å². The van der Waals surface area contributed by atoms with Gasteiger partial charge in [0.1, 0.15) is 9.71 Å². The zero-order valence-electron chi connectivity index (χ0n) is 16.9. The van der Waals surface area contributed by atoms with Crippen molar-refractivity contribution in [3.05, 3.63) is 65.0 Å². The molecule has 0 aliphatic carbocycles. The average molecular weight is 486 g/mol. The Bertz CT molecular complexity index is 1420. The minimum atomic E-state index is -3.63. The Labute approximate surface area is 193 Å². The number of fused-ring (bicyclic) bond motifs is 1. The van der Waals surface area contributed by atoms with E-state index in [0.29, 0.717) is 37.9 Å². The Morgan fingerprint density at radius 3 is 2.56 bits per heavy atom.